The third-order valence-corrected chi connectivity index (χ3v) is 1.76. The number of nitrogens with one attached hydrogen (secondary N) is 1. The van der Waals surface area contributed by atoms with Gasteiger partial charge in [0, 0.05) is 36.0 Å². The van der Waals surface area contributed by atoms with Crippen molar-refractivity contribution in [1.82, 2.24) is 8.62 Å². The lowest BCUT2D eigenvalue weighted by Crippen LogP contribution is -2.35. The third kappa shape index (κ3) is 2.15. The minimum absolute atomic E-state index is 0.0944. The Morgan fingerprint density at radius 2 is 2.42 bits per heavy atom. The van der Waals surface area contributed by atoms with Crippen molar-refractivity contribution < 1.29 is 4.79 Å². The molecule has 0 spiro atoms. The summed E-state index contributed by atoms with van der Waals surface area (Å²) in [5.41, 5.74) is 0. The quantitative estimate of drug-likeness (QED) is 0.503. The van der Waals surface area contributed by atoms with Gasteiger partial charge in [-0.1, -0.05) is 6.07 Å². The molecule has 5 heteroatoms. The number of anilines is 1. The number of nitrogens with zero attached hydrogens (tertiary/aromatic N) is 2. The zero-order valence-corrected chi connectivity index (χ0v) is 8.65. The van der Waals surface area contributed by atoms with E-state index in [9.17, 15) is 4.79 Å². The molecule has 0 radical (unpaired) electrons. The van der Waals surface area contributed by atoms with Crippen molar-refractivity contribution in [2.45, 2.75) is 6.92 Å². The maximum Gasteiger partial charge on any atom is 0.240 e. The topological polar surface area (TPSA) is 45.2 Å². The third-order valence-electron chi connectivity index (χ3n) is 1.28. The van der Waals surface area contributed by atoms with Crippen LogP contribution in [0.5, 0.6) is 0 Å². The van der Waals surface area contributed by atoms with Crippen molar-refractivity contribution in [2.24, 2.45) is 0 Å². The molecular formula is C7H8IN3O. The Morgan fingerprint density at radius 1 is 1.67 bits per heavy atom. The number of hydrogen-bond acceptors (Lipinski definition) is 3. The molecule has 1 heterocycles. The van der Waals surface area contributed by atoms with Crippen LogP contribution in [0, 0.1) is 0 Å². The summed E-state index contributed by atoms with van der Waals surface area (Å²) in [5, 5.41) is 1.36. The predicted octanol–water partition coefficient (Wildman–Crippen LogP) is 1.29. The number of carbonyl (C=O) groups excluding carboxylic acids is 1. The summed E-state index contributed by atoms with van der Waals surface area (Å²) in [6.07, 6.45) is 1.64. The van der Waals surface area contributed by atoms with Gasteiger partial charge in [0.15, 0.2) is 5.82 Å². The first-order valence-electron chi connectivity index (χ1n) is 3.33. The molecule has 1 N–H and O–H groups in total. The van der Waals surface area contributed by atoms with Gasteiger partial charge < -0.3 is 0 Å². The standard InChI is InChI=1S/C7H8IN3O/c1-6(12)11(10-8)7-4-2-3-5-9-7/h2-5,10H,1H3. The van der Waals surface area contributed by atoms with E-state index in [1.807, 2.05) is 28.9 Å². The molecule has 0 saturated heterocycles. The second kappa shape index (κ2) is 4.36. The van der Waals surface area contributed by atoms with Crippen LogP contribution in [0.1, 0.15) is 6.92 Å². The molecule has 64 valence electrons. The van der Waals surface area contributed by atoms with Crippen molar-refractivity contribution in [1.29, 1.82) is 0 Å². The lowest BCUT2D eigenvalue weighted by atomic mass is 10.4. The van der Waals surface area contributed by atoms with Gasteiger partial charge in [0.25, 0.3) is 0 Å². The zero-order chi connectivity index (χ0) is 8.97. The molecule has 0 fully saturated rings. The average Bonchev–Trinajstić information content (AvgIpc) is 2.07. The second-order valence-electron chi connectivity index (χ2n) is 2.13. The second-order valence-corrected chi connectivity index (χ2v) is 2.61. The molecule has 1 amide bonds. The van der Waals surface area contributed by atoms with Gasteiger partial charge in [-0.05, 0) is 12.1 Å². The van der Waals surface area contributed by atoms with Crippen LogP contribution in [-0.4, -0.2) is 10.9 Å². The van der Waals surface area contributed by atoms with Crippen LogP contribution < -0.4 is 8.65 Å². The Balaban J connectivity index is 2.88. The maximum absolute atomic E-state index is 11.0. The van der Waals surface area contributed by atoms with Crippen LogP contribution in [0.3, 0.4) is 0 Å². The average molecular weight is 277 g/mol. The lowest BCUT2D eigenvalue weighted by molar-refractivity contribution is -0.116. The Labute approximate surface area is 84.4 Å². The van der Waals surface area contributed by atoms with Crippen LogP contribution >= 0.6 is 22.9 Å². The molecular weight excluding hydrogens is 269 g/mol. The van der Waals surface area contributed by atoms with E-state index in [1.165, 1.54) is 11.9 Å². The number of carbonyl (C=O) groups is 1. The van der Waals surface area contributed by atoms with Crippen LogP contribution in [0.25, 0.3) is 0 Å². The SMILES string of the molecule is CC(=O)N(NI)c1ccccn1. The summed E-state index contributed by atoms with van der Waals surface area (Å²) in [4.78, 5) is 15.0. The smallest absolute Gasteiger partial charge is 0.240 e. The lowest BCUT2D eigenvalue weighted by Gasteiger charge is -2.15. The molecule has 0 aliphatic heterocycles. The summed E-state index contributed by atoms with van der Waals surface area (Å²) >= 11 is 1.88. The first kappa shape index (κ1) is 9.40. The van der Waals surface area contributed by atoms with Crippen molar-refractivity contribution in [3.63, 3.8) is 0 Å². The van der Waals surface area contributed by atoms with E-state index in [1.54, 1.807) is 18.3 Å². The molecule has 0 aliphatic rings. The Bertz CT molecular complexity index is 265. The molecule has 1 aromatic heterocycles. The van der Waals surface area contributed by atoms with Gasteiger partial charge in [0.2, 0.25) is 5.91 Å². The van der Waals surface area contributed by atoms with Crippen LogP contribution in [0.15, 0.2) is 24.4 Å². The van der Waals surface area contributed by atoms with Crippen LogP contribution in [0.2, 0.25) is 0 Å². The summed E-state index contributed by atoms with van der Waals surface area (Å²) in [7, 11) is 0. The van der Waals surface area contributed by atoms with Crippen molar-refractivity contribution >= 4 is 34.6 Å². The first-order chi connectivity index (χ1) is 5.75. The molecule has 0 aliphatic carbocycles. The normalized spacial score (nSPS) is 9.50. The Hall–Kier alpha value is -0.690. The van der Waals surface area contributed by atoms with Gasteiger partial charge >= 0.3 is 0 Å². The summed E-state index contributed by atoms with van der Waals surface area (Å²) in [6, 6.07) is 5.38. The summed E-state index contributed by atoms with van der Waals surface area (Å²) in [6.45, 7) is 1.47. The van der Waals surface area contributed by atoms with E-state index in [4.69, 9.17) is 0 Å². The van der Waals surface area contributed by atoms with Crippen molar-refractivity contribution in [3.05, 3.63) is 24.4 Å². The fourth-order valence-electron chi connectivity index (χ4n) is 0.750. The highest BCUT2D eigenvalue weighted by atomic mass is 127. The molecule has 0 unspecified atom stereocenters. The van der Waals surface area contributed by atoms with E-state index >= 15 is 0 Å². The van der Waals surface area contributed by atoms with E-state index in [0.29, 0.717) is 5.82 Å². The summed E-state index contributed by atoms with van der Waals surface area (Å²) in [5.74, 6) is 0.502. The number of hydrazine groups is 1. The van der Waals surface area contributed by atoms with Crippen molar-refractivity contribution in [3.8, 4) is 0 Å². The Morgan fingerprint density at radius 3 is 2.83 bits per heavy atom. The van der Waals surface area contributed by atoms with Crippen LogP contribution in [0.4, 0.5) is 5.82 Å². The van der Waals surface area contributed by atoms with Gasteiger partial charge in [-0.2, -0.15) is 3.64 Å². The van der Waals surface area contributed by atoms with E-state index in [2.05, 4.69) is 8.62 Å². The fraction of sp³-hybridized carbons (Fsp3) is 0.143. The number of amides is 1. The van der Waals surface area contributed by atoms with Gasteiger partial charge in [0.1, 0.15) is 0 Å². The minimum Gasteiger partial charge on any atom is -0.273 e. The number of hydrogen-bond donors (Lipinski definition) is 1. The minimum atomic E-state index is -0.0944. The van der Waals surface area contributed by atoms with Gasteiger partial charge in [-0.3, -0.25) is 4.79 Å². The Kier molecular flexibility index (Phi) is 3.42. The monoisotopic (exact) mass is 277 g/mol. The molecule has 1 rings (SSSR count). The zero-order valence-electron chi connectivity index (χ0n) is 6.49. The molecule has 0 atom stereocenters. The van der Waals surface area contributed by atoms with E-state index < -0.39 is 0 Å². The number of rotatable bonds is 2. The van der Waals surface area contributed by atoms with Gasteiger partial charge in [-0.25, -0.2) is 9.99 Å². The first-order valence-corrected chi connectivity index (χ1v) is 4.41. The highest BCUT2D eigenvalue weighted by Gasteiger charge is 2.09. The highest BCUT2D eigenvalue weighted by Crippen LogP contribution is 2.07. The molecule has 0 aromatic carbocycles. The van der Waals surface area contributed by atoms with E-state index in [-0.39, 0.29) is 5.91 Å². The number of pyridine rings is 1. The molecule has 0 bridgehead atoms. The highest BCUT2D eigenvalue weighted by molar-refractivity contribution is 14.1. The summed E-state index contributed by atoms with van der Waals surface area (Å²) < 4.78 is 2.71. The molecule has 0 saturated carbocycles. The molecule has 1 aromatic rings. The van der Waals surface area contributed by atoms with E-state index in [0.717, 1.165) is 0 Å². The van der Waals surface area contributed by atoms with Crippen molar-refractivity contribution in [2.75, 3.05) is 5.01 Å². The van der Waals surface area contributed by atoms with Gasteiger partial charge in [-0.15, -0.1) is 0 Å². The fourth-order valence-corrected chi connectivity index (χ4v) is 1.34. The largest absolute Gasteiger partial charge is 0.273 e. The van der Waals surface area contributed by atoms with Gasteiger partial charge in [0.05, 0.1) is 0 Å². The predicted molar refractivity (Wildman–Crippen MR) is 54.6 cm³/mol. The molecule has 4 nitrogen and oxygen atoms in total. The maximum atomic E-state index is 11.0. The van der Waals surface area contributed by atoms with Crippen LogP contribution in [-0.2, 0) is 4.79 Å². The number of halogens is 1. The molecule has 12 heavy (non-hydrogen) atoms. The number of aromatic nitrogens is 1.